The first kappa shape index (κ1) is 8.76. The molecule has 0 bridgehead atoms. The van der Waals surface area contributed by atoms with E-state index in [1.54, 1.807) is 18.3 Å². The number of nitrogens with zero attached hydrogens (tertiary/aromatic N) is 1. The smallest absolute Gasteiger partial charge is 0.131 e. The Morgan fingerprint density at radius 2 is 2.50 bits per heavy atom. The molecule has 1 aromatic rings. The van der Waals surface area contributed by atoms with Gasteiger partial charge in [-0.25, -0.2) is 4.98 Å². The standard InChI is InChI=1S/C9H6ClNO/c10-8-4-3-6-11-9(8)5-1-2-7-12/h3-4,6-7H,2H2. The van der Waals surface area contributed by atoms with Gasteiger partial charge in [-0.05, 0) is 18.1 Å². The second-order valence-corrected chi connectivity index (χ2v) is 2.41. The highest BCUT2D eigenvalue weighted by molar-refractivity contribution is 6.31. The number of aromatic nitrogens is 1. The van der Waals surface area contributed by atoms with Crippen LogP contribution in [0, 0.1) is 11.8 Å². The van der Waals surface area contributed by atoms with E-state index in [1.807, 2.05) is 0 Å². The Labute approximate surface area is 75.6 Å². The zero-order valence-corrected chi connectivity index (χ0v) is 7.01. The lowest BCUT2D eigenvalue weighted by atomic mass is 10.3. The summed E-state index contributed by atoms with van der Waals surface area (Å²) >= 11 is 5.75. The van der Waals surface area contributed by atoms with Crippen LogP contribution in [0.5, 0.6) is 0 Å². The Kier molecular flexibility index (Phi) is 3.31. The zero-order valence-electron chi connectivity index (χ0n) is 6.25. The van der Waals surface area contributed by atoms with E-state index in [1.165, 1.54) is 0 Å². The van der Waals surface area contributed by atoms with E-state index in [0.717, 1.165) is 6.29 Å². The molecule has 0 radical (unpaired) electrons. The van der Waals surface area contributed by atoms with Crippen molar-refractivity contribution in [2.24, 2.45) is 0 Å². The van der Waals surface area contributed by atoms with Crippen molar-refractivity contribution in [2.45, 2.75) is 6.42 Å². The topological polar surface area (TPSA) is 30.0 Å². The van der Waals surface area contributed by atoms with Gasteiger partial charge in [0.2, 0.25) is 0 Å². The van der Waals surface area contributed by atoms with E-state index in [0.29, 0.717) is 10.7 Å². The first-order valence-corrected chi connectivity index (χ1v) is 3.75. The molecule has 1 aromatic heterocycles. The third-order valence-corrected chi connectivity index (χ3v) is 1.46. The Balaban J connectivity index is 2.84. The van der Waals surface area contributed by atoms with Crippen molar-refractivity contribution in [1.29, 1.82) is 0 Å². The molecule has 1 heterocycles. The summed E-state index contributed by atoms with van der Waals surface area (Å²) < 4.78 is 0. The van der Waals surface area contributed by atoms with Gasteiger partial charge in [-0.1, -0.05) is 17.5 Å². The Hall–Kier alpha value is -1.33. The van der Waals surface area contributed by atoms with Gasteiger partial charge in [-0.15, -0.1) is 0 Å². The van der Waals surface area contributed by atoms with Crippen LogP contribution in [0.4, 0.5) is 0 Å². The van der Waals surface area contributed by atoms with Gasteiger partial charge >= 0.3 is 0 Å². The van der Waals surface area contributed by atoms with Crippen molar-refractivity contribution in [3.05, 3.63) is 29.0 Å². The summed E-state index contributed by atoms with van der Waals surface area (Å²) in [5.74, 6) is 5.32. The van der Waals surface area contributed by atoms with Crippen molar-refractivity contribution in [3.63, 3.8) is 0 Å². The van der Waals surface area contributed by atoms with Crippen LogP contribution in [-0.2, 0) is 4.79 Å². The van der Waals surface area contributed by atoms with Gasteiger partial charge in [0, 0.05) is 6.20 Å². The van der Waals surface area contributed by atoms with Gasteiger partial charge in [-0.3, -0.25) is 0 Å². The molecule has 1 rings (SSSR count). The molecule has 0 spiro atoms. The molecule has 0 amide bonds. The summed E-state index contributed by atoms with van der Waals surface area (Å²) in [6.45, 7) is 0. The molecular weight excluding hydrogens is 174 g/mol. The van der Waals surface area contributed by atoms with Crippen LogP contribution in [0.25, 0.3) is 0 Å². The molecule has 60 valence electrons. The van der Waals surface area contributed by atoms with Crippen LogP contribution in [0.3, 0.4) is 0 Å². The summed E-state index contributed by atoms with van der Waals surface area (Å²) in [5.41, 5.74) is 0.515. The molecule has 12 heavy (non-hydrogen) atoms. The molecule has 0 aliphatic heterocycles. The maximum atomic E-state index is 9.92. The van der Waals surface area contributed by atoms with Crippen LogP contribution in [0.1, 0.15) is 12.1 Å². The molecule has 0 unspecified atom stereocenters. The average molecular weight is 180 g/mol. The SMILES string of the molecule is O=CCC#Cc1ncccc1Cl. The molecule has 0 N–H and O–H groups in total. The van der Waals surface area contributed by atoms with E-state index < -0.39 is 0 Å². The number of hydrogen-bond donors (Lipinski definition) is 0. The molecule has 0 fully saturated rings. The number of carbonyl (C=O) groups is 1. The van der Waals surface area contributed by atoms with Crippen molar-refractivity contribution < 1.29 is 4.79 Å². The minimum absolute atomic E-state index is 0.215. The van der Waals surface area contributed by atoms with E-state index in [9.17, 15) is 4.79 Å². The second kappa shape index (κ2) is 4.53. The lowest BCUT2D eigenvalue weighted by molar-refractivity contribution is -0.107. The molecule has 0 aliphatic rings. The van der Waals surface area contributed by atoms with E-state index in [2.05, 4.69) is 16.8 Å². The van der Waals surface area contributed by atoms with Crippen molar-refractivity contribution in [1.82, 2.24) is 4.98 Å². The fourth-order valence-corrected chi connectivity index (χ4v) is 0.823. The number of aldehydes is 1. The fraction of sp³-hybridized carbons (Fsp3) is 0.111. The quantitative estimate of drug-likeness (QED) is 0.485. The van der Waals surface area contributed by atoms with Crippen molar-refractivity contribution in [3.8, 4) is 11.8 Å². The summed E-state index contributed by atoms with van der Waals surface area (Å²) in [6, 6.07) is 3.44. The molecule has 0 saturated heterocycles. The monoisotopic (exact) mass is 179 g/mol. The highest BCUT2D eigenvalue weighted by atomic mass is 35.5. The van der Waals surface area contributed by atoms with Gasteiger partial charge in [0.1, 0.15) is 12.0 Å². The Morgan fingerprint density at radius 3 is 3.17 bits per heavy atom. The molecule has 0 aromatic carbocycles. The van der Waals surface area contributed by atoms with Gasteiger partial charge in [0.25, 0.3) is 0 Å². The maximum absolute atomic E-state index is 9.92. The first-order chi connectivity index (χ1) is 5.84. The molecule has 2 nitrogen and oxygen atoms in total. The van der Waals surface area contributed by atoms with E-state index in [-0.39, 0.29) is 6.42 Å². The summed E-state index contributed by atoms with van der Waals surface area (Å²) in [4.78, 5) is 13.9. The average Bonchev–Trinajstić information content (AvgIpc) is 2.09. The zero-order chi connectivity index (χ0) is 8.81. The molecule has 0 aliphatic carbocycles. The van der Waals surface area contributed by atoms with Crippen molar-refractivity contribution >= 4 is 17.9 Å². The number of carbonyl (C=O) groups excluding carboxylic acids is 1. The highest BCUT2D eigenvalue weighted by Gasteiger charge is 1.93. The van der Waals surface area contributed by atoms with Gasteiger partial charge in [0.15, 0.2) is 0 Å². The third-order valence-electron chi connectivity index (χ3n) is 1.15. The summed E-state index contributed by atoms with van der Waals surface area (Å²) in [6.07, 6.45) is 2.56. The number of rotatable bonds is 1. The van der Waals surface area contributed by atoms with Crippen LogP contribution < -0.4 is 0 Å². The van der Waals surface area contributed by atoms with Crippen LogP contribution in [-0.4, -0.2) is 11.3 Å². The molecule has 3 heteroatoms. The van der Waals surface area contributed by atoms with E-state index >= 15 is 0 Å². The summed E-state index contributed by atoms with van der Waals surface area (Å²) in [5, 5.41) is 0.510. The number of pyridine rings is 1. The number of hydrogen-bond acceptors (Lipinski definition) is 2. The van der Waals surface area contributed by atoms with Gasteiger partial charge in [-0.2, -0.15) is 0 Å². The molecule has 0 atom stereocenters. The first-order valence-electron chi connectivity index (χ1n) is 3.37. The summed E-state index contributed by atoms with van der Waals surface area (Å²) in [7, 11) is 0. The molecular formula is C9H6ClNO. The normalized spacial score (nSPS) is 8.42. The lowest BCUT2D eigenvalue weighted by Crippen LogP contribution is -1.81. The minimum Gasteiger partial charge on any atom is -0.302 e. The van der Waals surface area contributed by atoms with Gasteiger partial charge < -0.3 is 4.79 Å². The van der Waals surface area contributed by atoms with Crippen LogP contribution in [0.15, 0.2) is 18.3 Å². The minimum atomic E-state index is 0.215. The Morgan fingerprint density at radius 1 is 1.67 bits per heavy atom. The largest absolute Gasteiger partial charge is 0.302 e. The second-order valence-electron chi connectivity index (χ2n) is 2.01. The maximum Gasteiger partial charge on any atom is 0.131 e. The third kappa shape index (κ3) is 2.37. The number of halogens is 1. The highest BCUT2D eigenvalue weighted by Crippen LogP contribution is 2.09. The van der Waals surface area contributed by atoms with Gasteiger partial charge in [0.05, 0.1) is 11.4 Å². The predicted molar refractivity (Wildman–Crippen MR) is 46.8 cm³/mol. The van der Waals surface area contributed by atoms with E-state index in [4.69, 9.17) is 11.6 Å². The lowest BCUT2D eigenvalue weighted by Gasteiger charge is -1.90. The molecule has 0 saturated carbocycles. The fourth-order valence-electron chi connectivity index (χ4n) is 0.654. The van der Waals surface area contributed by atoms with Crippen molar-refractivity contribution in [2.75, 3.05) is 0 Å². The van der Waals surface area contributed by atoms with Crippen LogP contribution in [0.2, 0.25) is 5.02 Å². The van der Waals surface area contributed by atoms with Crippen LogP contribution >= 0.6 is 11.6 Å². The predicted octanol–water partition coefficient (Wildman–Crippen LogP) is 1.68. The Bertz CT molecular complexity index is 338.